The van der Waals surface area contributed by atoms with E-state index in [1.165, 1.54) is 0 Å². The number of piperidine rings is 1. The molecule has 0 aromatic carbocycles. The van der Waals surface area contributed by atoms with Crippen LogP contribution in [0.2, 0.25) is 0 Å². The number of rotatable bonds is 4. The Hall–Kier alpha value is -1.56. The SMILES string of the molecule is CNCC1CCN(c2c(C(N)=O)c(C)nn2C)CC1. The predicted molar refractivity (Wildman–Crippen MR) is 75.3 cm³/mol. The van der Waals surface area contributed by atoms with Crippen LogP contribution in [0.4, 0.5) is 5.82 Å². The molecular formula is C13H23N5O. The number of hydrogen-bond donors (Lipinski definition) is 2. The summed E-state index contributed by atoms with van der Waals surface area (Å²) in [6, 6.07) is 0. The highest BCUT2D eigenvalue weighted by molar-refractivity contribution is 5.99. The Morgan fingerprint density at radius 2 is 2.11 bits per heavy atom. The number of amides is 1. The smallest absolute Gasteiger partial charge is 0.254 e. The van der Waals surface area contributed by atoms with E-state index in [-0.39, 0.29) is 0 Å². The maximum Gasteiger partial charge on any atom is 0.254 e. The average molecular weight is 265 g/mol. The summed E-state index contributed by atoms with van der Waals surface area (Å²) in [5, 5.41) is 7.55. The number of carbonyl (C=O) groups is 1. The fourth-order valence-electron chi connectivity index (χ4n) is 2.93. The summed E-state index contributed by atoms with van der Waals surface area (Å²) in [6.07, 6.45) is 2.26. The zero-order valence-corrected chi connectivity index (χ0v) is 11.9. The number of primary amides is 1. The minimum Gasteiger partial charge on any atom is -0.365 e. The van der Waals surface area contributed by atoms with Crippen molar-refractivity contribution in [3.63, 3.8) is 0 Å². The van der Waals surface area contributed by atoms with Gasteiger partial charge in [-0.2, -0.15) is 5.10 Å². The van der Waals surface area contributed by atoms with Crippen molar-refractivity contribution in [2.75, 3.05) is 31.6 Å². The molecule has 2 heterocycles. The van der Waals surface area contributed by atoms with Gasteiger partial charge in [0, 0.05) is 20.1 Å². The van der Waals surface area contributed by atoms with Gasteiger partial charge < -0.3 is 16.0 Å². The lowest BCUT2D eigenvalue weighted by atomic mass is 9.96. The third-order valence-corrected chi connectivity index (χ3v) is 3.85. The normalized spacial score (nSPS) is 16.9. The topological polar surface area (TPSA) is 76.2 Å². The van der Waals surface area contributed by atoms with E-state index in [0.717, 1.165) is 38.3 Å². The van der Waals surface area contributed by atoms with Crippen LogP contribution in [0.1, 0.15) is 28.9 Å². The van der Waals surface area contributed by atoms with E-state index in [0.29, 0.717) is 17.2 Å². The number of aromatic nitrogens is 2. The van der Waals surface area contributed by atoms with Crippen molar-refractivity contribution >= 4 is 11.7 Å². The van der Waals surface area contributed by atoms with Crippen LogP contribution in [0.3, 0.4) is 0 Å². The molecule has 1 amide bonds. The number of aryl methyl sites for hydroxylation is 2. The molecule has 1 aliphatic rings. The van der Waals surface area contributed by atoms with E-state index < -0.39 is 5.91 Å². The van der Waals surface area contributed by atoms with Gasteiger partial charge in [-0.1, -0.05) is 0 Å². The van der Waals surface area contributed by atoms with E-state index >= 15 is 0 Å². The zero-order valence-electron chi connectivity index (χ0n) is 11.9. The Bertz CT molecular complexity index is 460. The standard InChI is InChI=1S/C13H23N5O/c1-9-11(12(14)19)13(17(3)16-9)18-6-4-10(5-7-18)8-15-2/h10,15H,4-8H2,1-3H3,(H2,14,19). The predicted octanol–water partition coefficient (Wildman–Crippen LogP) is 0.263. The fourth-order valence-corrected chi connectivity index (χ4v) is 2.93. The van der Waals surface area contributed by atoms with Gasteiger partial charge in [0.15, 0.2) is 0 Å². The lowest BCUT2D eigenvalue weighted by Crippen LogP contribution is -2.38. The first-order chi connectivity index (χ1) is 9.04. The van der Waals surface area contributed by atoms with Crippen LogP contribution in [0.25, 0.3) is 0 Å². The lowest BCUT2D eigenvalue weighted by molar-refractivity contribution is 0.1000. The average Bonchev–Trinajstić information content (AvgIpc) is 2.66. The minimum atomic E-state index is -0.391. The second-order valence-electron chi connectivity index (χ2n) is 5.26. The van der Waals surface area contributed by atoms with E-state index in [4.69, 9.17) is 5.73 Å². The number of nitrogens with one attached hydrogen (secondary N) is 1. The third-order valence-electron chi connectivity index (χ3n) is 3.85. The molecule has 0 bridgehead atoms. The van der Waals surface area contributed by atoms with Crippen LogP contribution in [-0.4, -0.2) is 42.4 Å². The third kappa shape index (κ3) is 2.73. The summed E-state index contributed by atoms with van der Waals surface area (Å²) in [5.74, 6) is 1.19. The molecule has 6 nitrogen and oxygen atoms in total. The van der Waals surface area contributed by atoms with Crippen LogP contribution >= 0.6 is 0 Å². The molecular weight excluding hydrogens is 242 g/mol. The molecule has 2 rings (SSSR count). The van der Waals surface area contributed by atoms with Gasteiger partial charge in [0.25, 0.3) is 5.91 Å². The monoisotopic (exact) mass is 265 g/mol. The molecule has 0 aliphatic carbocycles. The molecule has 0 atom stereocenters. The van der Waals surface area contributed by atoms with Crippen molar-refractivity contribution < 1.29 is 4.79 Å². The highest BCUT2D eigenvalue weighted by atomic mass is 16.1. The molecule has 1 aromatic heterocycles. The summed E-state index contributed by atoms with van der Waals surface area (Å²) in [6.45, 7) is 4.79. The molecule has 1 aromatic rings. The quantitative estimate of drug-likeness (QED) is 0.819. The first-order valence-electron chi connectivity index (χ1n) is 6.77. The Morgan fingerprint density at radius 3 is 2.63 bits per heavy atom. The van der Waals surface area contributed by atoms with Gasteiger partial charge in [-0.05, 0) is 39.3 Å². The number of anilines is 1. The second-order valence-corrected chi connectivity index (χ2v) is 5.26. The van der Waals surface area contributed by atoms with E-state index in [9.17, 15) is 4.79 Å². The van der Waals surface area contributed by atoms with Crippen LogP contribution in [0, 0.1) is 12.8 Å². The molecule has 3 N–H and O–H groups in total. The molecule has 6 heteroatoms. The molecule has 1 saturated heterocycles. The summed E-state index contributed by atoms with van der Waals surface area (Å²) in [5.41, 5.74) is 6.76. The molecule has 19 heavy (non-hydrogen) atoms. The molecule has 0 radical (unpaired) electrons. The largest absolute Gasteiger partial charge is 0.365 e. The second kappa shape index (κ2) is 5.61. The van der Waals surface area contributed by atoms with Gasteiger partial charge in [0.1, 0.15) is 11.4 Å². The van der Waals surface area contributed by atoms with E-state index in [1.807, 2.05) is 21.0 Å². The maximum absolute atomic E-state index is 11.6. The zero-order chi connectivity index (χ0) is 14.0. The van der Waals surface area contributed by atoms with Crippen LogP contribution < -0.4 is 16.0 Å². The molecule has 1 aliphatic heterocycles. The van der Waals surface area contributed by atoms with Gasteiger partial charge in [0.2, 0.25) is 0 Å². The summed E-state index contributed by atoms with van der Waals surface area (Å²) in [7, 11) is 3.86. The van der Waals surface area contributed by atoms with Crippen molar-refractivity contribution in [3.8, 4) is 0 Å². The van der Waals surface area contributed by atoms with Crippen LogP contribution in [0.15, 0.2) is 0 Å². The Morgan fingerprint density at radius 1 is 1.47 bits per heavy atom. The Kier molecular flexibility index (Phi) is 4.09. The molecule has 0 saturated carbocycles. The van der Waals surface area contributed by atoms with Crippen molar-refractivity contribution in [2.45, 2.75) is 19.8 Å². The van der Waals surface area contributed by atoms with Gasteiger partial charge in [0.05, 0.1) is 5.69 Å². The van der Waals surface area contributed by atoms with Crippen molar-refractivity contribution in [2.24, 2.45) is 18.7 Å². The lowest BCUT2D eigenvalue weighted by Gasteiger charge is -2.33. The van der Waals surface area contributed by atoms with E-state index in [1.54, 1.807) is 4.68 Å². The summed E-state index contributed by atoms with van der Waals surface area (Å²) < 4.78 is 1.77. The number of hydrogen-bond acceptors (Lipinski definition) is 4. The van der Waals surface area contributed by atoms with Gasteiger partial charge in [-0.15, -0.1) is 0 Å². The minimum absolute atomic E-state index is 0.391. The fraction of sp³-hybridized carbons (Fsp3) is 0.692. The Labute approximate surface area is 113 Å². The Balaban J connectivity index is 2.17. The molecule has 106 valence electrons. The van der Waals surface area contributed by atoms with Crippen molar-refractivity contribution in [1.82, 2.24) is 15.1 Å². The van der Waals surface area contributed by atoms with Crippen molar-refractivity contribution in [3.05, 3.63) is 11.3 Å². The van der Waals surface area contributed by atoms with Crippen LogP contribution in [0.5, 0.6) is 0 Å². The van der Waals surface area contributed by atoms with E-state index in [2.05, 4.69) is 15.3 Å². The van der Waals surface area contributed by atoms with Crippen LogP contribution in [-0.2, 0) is 7.05 Å². The number of nitrogens with zero attached hydrogens (tertiary/aromatic N) is 3. The van der Waals surface area contributed by atoms with Crippen molar-refractivity contribution in [1.29, 1.82) is 0 Å². The van der Waals surface area contributed by atoms with Gasteiger partial charge in [-0.3, -0.25) is 9.48 Å². The van der Waals surface area contributed by atoms with Gasteiger partial charge in [-0.25, -0.2) is 0 Å². The molecule has 0 spiro atoms. The first kappa shape index (κ1) is 13.9. The molecule has 1 fully saturated rings. The number of carbonyl (C=O) groups excluding carboxylic acids is 1. The first-order valence-corrected chi connectivity index (χ1v) is 6.77. The summed E-state index contributed by atoms with van der Waals surface area (Å²) >= 11 is 0. The maximum atomic E-state index is 11.6. The molecule has 0 unspecified atom stereocenters. The number of nitrogens with two attached hydrogens (primary N) is 1. The highest BCUT2D eigenvalue weighted by Crippen LogP contribution is 2.27. The summed E-state index contributed by atoms with van der Waals surface area (Å²) in [4.78, 5) is 13.8. The van der Waals surface area contributed by atoms with Gasteiger partial charge >= 0.3 is 0 Å². The highest BCUT2D eigenvalue weighted by Gasteiger charge is 2.26.